The van der Waals surface area contributed by atoms with Crippen molar-refractivity contribution in [2.24, 2.45) is 7.05 Å². The molecule has 0 atom stereocenters. The van der Waals surface area contributed by atoms with E-state index in [-0.39, 0.29) is 5.69 Å². The zero-order chi connectivity index (χ0) is 11.0. The average Bonchev–Trinajstić information content (AvgIpc) is 2.71. The van der Waals surface area contributed by atoms with Gasteiger partial charge in [-0.2, -0.15) is 5.10 Å². The van der Waals surface area contributed by atoms with Crippen LogP contribution in [0.15, 0.2) is 18.2 Å². The minimum atomic E-state index is -0.954. The Morgan fingerprint density at radius 2 is 2.27 bits per heavy atom. The van der Waals surface area contributed by atoms with Crippen molar-refractivity contribution in [3.05, 3.63) is 28.8 Å². The Morgan fingerprint density at radius 3 is 2.73 bits per heavy atom. The van der Waals surface area contributed by atoms with E-state index in [4.69, 9.17) is 5.11 Å². The molecule has 0 aliphatic rings. The van der Waals surface area contributed by atoms with Crippen molar-refractivity contribution in [2.45, 2.75) is 6.92 Å². The number of carboxylic acids is 1. The van der Waals surface area contributed by atoms with Crippen LogP contribution in [-0.4, -0.2) is 20.9 Å². The number of aromatic nitrogens is 2. The summed E-state index contributed by atoms with van der Waals surface area (Å²) in [5, 5.41) is 13.0. The maximum atomic E-state index is 10.8. The second-order valence-electron chi connectivity index (χ2n) is 3.25. The Morgan fingerprint density at radius 1 is 1.53 bits per heavy atom. The second kappa shape index (κ2) is 3.51. The lowest BCUT2D eigenvalue weighted by Gasteiger charge is -1.91. The first kappa shape index (κ1) is 9.92. The van der Waals surface area contributed by atoms with Crippen LogP contribution in [0.5, 0.6) is 0 Å². The van der Waals surface area contributed by atoms with Crippen molar-refractivity contribution < 1.29 is 9.90 Å². The predicted molar refractivity (Wildman–Crippen MR) is 58.2 cm³/mol. The fourth-order valence-corrected chi connectivity index (χ4v) is 2.18. The number of rotatable bonds is 2. The molecule has 0 fully saturated rings. The van der Waals surface area contributed by atoms with Crippen LogP contribution in [0.1, 0.15) is 15.4 Å². The number of aryl methyl sites for hydroxylation is 2. The van der Waals surface area contributed by atoms with Gasteiger partial charge in [0.1, 0.15) is 11.4 Å². The molecule has 0 unspecified atom stereocenters. The number of carboxylic acid groups (broad SMARTS) is 1. The molecular weight excluding hydrogens is 212 g/mol. The van der Waals surface area contributed by atoms with Crippen LogP contribution in [-0.2, 0) is 7.05 Å². The van der Waals surface area contributed by atoms with Crippen LogP contribution in [0.3, 0.4) is 0 Å². The number of hydrogen-bond acceptors (Lipinski definition) is 3. The van der Waals surface area contributed by atoms with Gasteiger partial charge in [-0.25, -0.2) is 4.79 Å². The lowest BCUT2D eigenvalue weighted by molar-refractivity contribution is 0.0685. The highest BCUT2D eigenvalue weighted by molar-refractivity contribution is 7.15. The molecule has 0 saturated heterocycles. The normalized spacial score (nSPS) is 10.5. The molecule has 2 heterocycles. The molecule has 0 radical (unpaired) electrons. The van der Waals surface area contributed by atoms with E-state index in [2.05, 4.69) is 5.10 Å². The van der Waals surface area contributed by atoms with Gasteiger partial charge in [-0.05, 0) is 25.1 Å². The van der Waals surface area contributed by atoms with Crippen LogP contribution < -0.4 is 0 Å². The standard InChI is InChI=1S/C10H10N2O2S/c1-6-3-4-9(15-6)7-5-8(10(13)14)12(2)11-7/h3-5H,1-2H3,(H,13,14). The summed E-state index contributed by atoms with van der Waals surface area (Å²) >= 11 is 1.61. The van der Waals surface area contributed by atoms with Gasteiger partial charge in [0.15, 0.2) is 0 Å². The third kappa shape index (κ3) is 1.78. The van der Waals surface area contributed by atoms with Gasteiger partial charge >= 0.3 is 5.97 Å². The molecule has 0 saturated carbocycles. The SMILES string of the molecule is Cc1ccc(-c2cc(C(=O)O)n(C)n2)s1. The molecule has 2 aromatic rings. The van der Waals surface area contributed by atoms with E-state index in [1.807, 2.05) is 19.1 Å². The summed E-state index contributed by atoms with van der Waals surface area (Å²) in [7, 11) is 1.63. The number of nitrogens with zero attached hydrogens (tertiary/aromatic N) is 2. The Bertz CT molecular complexity index is 513. The molecule has 0 bridgehead atoms. The van der Waals surface area contributed by atoms with Gasteiger partial charge in [0.05, 0.1) is 4.88 Å². The van der Waals surface area contributed by atoms with Crippen molar-refractivity contribution >= 4 is 17.3 Å². The largest absolute Gasteiger partial charge is 0.477 e. The molecule has 0 aliphatic carbocycles. The molecule has 5 heteroatoms. The van der Waals surface area contributed by atoms with E-state index in [1.54, 1.807) is 24.5 Å². The summed E-state index contributed by atoms with van der Waals surface area (Å²) in [6, 6.07) is 5.54. The smallest absolute Gasteiger partial charge is 0.354 e. The summed E-state index contributed by atoms with van der Waals surface area (Å²) in [5.41, 5.74) is 0.920. The fraction of sp³-hybridized carbons (Fsp3) is 0.200. The predicted octanol–water partition coefficient (Wildman–Crippen LogP) is 2.16. The lowest BCUT2D eigenvalue weighted by Crippen LogP contribution is -2.04. The number of carbonyl (C=O) groups is 1. The molecule has 4 nitrogen and oxygen atoms in total. The van der Waals surface area contributed by atoms with Gasteiger partial charge in [-0.15, -0.1) is 11.3 Å². The Labute approximate surface area is 90.8 Å². The van der Waals surface area contributed by atoms with E-state index in [0.29, 0.717) is 5.69 Å². The summed E-state index contributed by atoms with van der Waals surface area (Å²) in [4.78, 5) is 13.0. The van der Waals surface area contributed by atoms with E-state index in [0.717, 1.165) is 4.88 Å². The zero-order valence-corrected chi connectivity index (χ0v) is 9.21. The van der Waals surface area contributed by atoms with Gasteiger partial charge in [0.25, 0.3) is 0 Å². The van der Waals surface area contributed by atoms with Gasteiger partial charge in [0, 0.05) is 11.9 Å². The van der Waals surface area contributed by atoms with Crippen LogP contribution in [0.25, 0.3) is 10.6 Å². The molecule has 0 aliphatic heterocycles. The first-order valence-electron chi connectivity index (χ1n) is 4.42. The molecule has 0 amide bonds. The van der Waals surface area contributed by atoms with Crippen LogP contribution in [0.4, 0.5) is 0 Å². The Balaban J connectivity index is 2.46. The fourth-order valence-electron chi connectivity index (χ4n) is 1.36. The van der Waals surface area contributed by atoms with Crippen molar-refractivity contribution in [2.75, 3.05) is 0 Å². The van der Waals surface area contributed by atoms with Gasteiger partial charge in [0.2, 0.25) is 0 Å². The highest BCUT2D eigenvalue weighted by Crippen LogP contribution is 2.26. The minimum Gasteiger partial charge on any atom is -0.477 e. The van der Waals surface area contributed by atoms with E-state index >= 15 is 0 Å². The first-order chi connectivity index (χ1) is 7.08. The highest BCUT2D eigenvalue weighted by atomic mass is 32.1. The lowest BCUT2D eigenvalue weighted by atomic mass is 10.3. The Kier molecular flexibility index (Phi) is 2.32. The molecule has 2 aromatic heterocycles. The molecule has 15 heavy (non-hydrogen) atoms. The monoisotopic (exact) mass is 222 g/mol. The summed E-state index contributed by atoms with van der Waals surface area (Å²) in [6.45, 7) is 2.01. The topological polar surface area (TPSA) is 55.1 Å². The second-order valence-corrected chi connectivity index (χ2v) is 4.54. The first-order valence-corrected chi connectivity index (χ1v) is 5.23. The summed E-state index contributed by atoms with van der Waals surface area (Å²) in [6.07, 6.45) is 0. The molecule has 78 valence electrons. The molecule has 2 rings (SSSR count). The minimum absolute atomic E-state index is 0.205. The van der Waals surface area contributed by atoms with E-state index in [1.165, 1.54) is 9.56 Å². The summed E-state index contributed by atoms with van der Waals surface area (Å²) < 4.78 is 1.38. The number of hydrogen-bond donors (Lipinski definition) is 1. The van der Waals surface area contributed by atoms with E-state index < -0.39 is 5.97 Å². The quantitative estimate of drug-likeness (QED) is 0.847. The number of thiophene rings is 1. The van der Waals surface area contributed by atoms with Crippen molar-refractivity contribution in [3.8, 4) is 10.6 Å². The molecular formula is C10H10N2O2S. The van der Waals surface area contributed by atoms with Crippen LogP contribution in [0, 0.1) is 6.92 Å². The molecule has 0 spiro atoms. The zero-order valence-electron chi connectivity index (χ0n) is 8.39. The highest BCUT2D eigenvalue weighted by Gasteiger charge is 2.13. The van der Waals surface area contributed by atoms with E-state index in [9.17, 15) is 4.79 Å². The average molecular weight is 222 g/mol. The van der Waals surface area contributed by atoms with Gasteiger partial charge < -0.3 is 5.11 Å². The van der Waals surface area contributed by atoms with Gasteiger partial charge in [-0.3, -0.25) is 4.68 Å². The van der Waals surface area contributed by atoms with Crippen molar-refractivity contribution in [1.29, 1.82) is 0 Å². The van der Waals surface area contributed by atoms with Gasteiger partial charge in [-0.1, -0.05) is 0 Å². The molecule has 0 aromatic carbocycles. The Hall–Kier alpha value is -1.62. The summed E-state index contributed by atoms with van der Waals surface area (Å²) in [5.74, 6) is -0.954. The van der Waals surface area contributed by atoms with Crippen LogP contribution >= 0.6 is 11.3 Å². The van der Waals surface area contributed by atoms with Crippen molar-refractivity contribution in [3.63, 3.8) is 0 Å². The third-order valence-corrected chi connectivity index (χ3v) is 3.11. The number of aromatic carboxylic acids is 1. The third-order valence-electron chi connectivity index (χ3n) is 2.09. The van der Waals surface area contributed by atoms with Crippen LogP contribution in [0.2, 0.25) is 0 Å². The molecule has 1 N–H and O–H groups in total. The maximum absolute atomic E-state index is 10.8. The maximum Gasteiger partial charge on any atom is 0.354 e. The van der Waals surface area contributed by atoms with Crippen molar-refractivity contribution in [1.82, 2.24) is 9.78 Å².